The number of rotatable bonds is 53. The van der Waals surface area contributed by atoms with Crippen molar-refractivity contribution in [2.24, 2.45) is 0 Å². The SMILES string of the molecule is CCCCCCCCCCCCCCCCCC[PH](CCCCCCCCCCCCCCCCCC)(CCCCCCCCCCCCCCCCCC)Cc1ccccc1. The third-order valence-electron chi connectivity index (χ3n) is 15.1. The summed E-state index contributed by atoms with van der Waals surface area (Å²) in [6.07, 6.45) is 77.2. The Labute approximate surface area is 395 Å². The van der Waals surface area contributed by atoms with Gasteiger partial charge >= 0.3 is 280 Å². The van der Waals surface area contributed by atoms with Gasteiger partial charge in [-0.25, -0.2) is 0 Å². The molecule has 0 saturated carbocycles. The van der Waals surface area contributed by atoms with Crippen LogP contribution in [0.4, 0.5) is 0 Å². The quantitative estimate of drug-likeness (QED) is 0.0452. The Morgan fingerprint density at radius 1 is 0.226 bits per heavy atom. The molecule has 0 nitrogen and oxygen atoms in total. The average molecular weight is 884 g/mol. The van der Waals surface area contributed by atoms with Crippen molar-refractivity contribution in [2.75, 3.05) is 18.5 Å². The van der Waals surface area contributed by atoms with Crippen molar-refractivity contribution in [3.8, 4) is 0 Å². The van der Waals surface area contributed by atoms with Crippen molar-refractivity contribution in [1.29, 1.82) is 0 Å². The number of benzene rings is 1. The van der Waals surface area contributed by atoms with Crippen molar-refractivity contribution in [2.45, 2.75) is 335 Å². The van der Waals surface area contributed by atoms with Gasteiger partial charge in [0.15, 0.2) is 0 Å². The zero-order valence-electron chi connectivity index (χ0n) is 43.7. The summed E-state index contributed by atoms with van der Waals surface area (Å²) in [5, 5.41) is 0. The normalized spacial score (nSPS) is 12.2. The number of hydrogen-bond acceptors (Lipinski definition) is 0. The first kappa shape index (κ1) is 59.7. The van der Waals surface area contributed by atoms with Crippen LogP contribution in [0.25, 0.3) is 0 Å². The molecule has 1 aromatic rings. The predicted molar refractivity (Wildman–Crippen MR) is 292 cm³/mol. The van der Waals surface area contributed by atoms with Gasteiger partial charge < -0.3 is 0 Å². The Morgan fingerprint density at radius 2 is 0.403 bits per heavy atom. The van der Waals surface area contributed by atoms with E-state index in [1.54, 1.807) is 24.0 Å². The fourth-order valence-corrected chi connectivity index (χ4v) is 16.2. The standard InChI is InChI=1S/C61H119P/c1-4-7-10-13-16-19-22-25-28-31-34-37-40-43-46-52-57-62(60-61-55-50-49-51-56-61,58-53-47-44-41-38-35-32-29-26-23-20-17-14-11-8-5-2)59-54-48-45-42-39-36-33-30-27-24-21-18-15-12-9-6-3/h49-51,55-56,62H,4-48,52-54,57-60H2,1-3H3. The third-order valence-corrected chi connectivity index (χ3v) is 20.5. The van der Waals surface area contributed by atoms with Gasteiger partial charge in [-0.1, -0.05) is 117 Å². The second-order valence-corrected chi connectivity index (χ2v) is 26.2. The van der Waals surface area contributed by atoms with Gasteiger partial charge in [-0.3, -0.25) is 0 Å². The summed E-state index contributed by atoms with van der Waals surface area (Å²) in [6.45, 7) is 6.97. The van der Waals surface area contributed by atoms with Crippen LogP contribution in [0.15, 0.2) is 30.3 Å². The van der Waals surface area contributed by atoms with E-state index in [-0.39, 0.29) is 0 Å². The summed E-state index contributed by atoms with van der Waals surface area (Å²) < 4.78 is 0. The maximum atomic E-state index is 2.48. The third kappa shape index (κ3) is 42.3. The fraction of sp³-hybridized carbons (Fsp3) is 0.902. The van der Waals surface area contributed by atoms with Crippen LogP contribution in [0.2, 0.25) is 0 Å². The van der Waals surface area contributed by atoms with Gasteiger partial charge in [0.05, 0.1) is 0 Å². The second-order valence-electron chi connectivity index (χ2n) is 21.3. The van der Waals surface area contributed by atoms with E-state index in [9.17, 15) is 0 Å². The zero-order valence-corrected chi connectivity index (χ0v) is 44.7. The van der Waals surface area contributed by atoms with Gasteiger partial charge in [0, 0.05) is 0 Å². The molecule has 1 aromatic carbocycles. The van der Waals surface area contributed by atoms with Gasteiger partial charge in [0.1, 0.15) is 0 Å². The Morgan fingerprint density at radius 3 is 0.597 bits per heavy atom. The summed E-state index contributed by atoms with van der Waals surface area (Å²) >= 11 is 0. The fourth-order valence-electron chi connectivity index (χ4n) is 10.8. The Hall–Kier alpha value is -0.350. The first-order valence-electron chi connectivity index (χ1n) is 29.8. The summed E-state index contributed by atoms with van der Waals surface area (Å²) in [7, 11) is -1.36. The zero-order chi connectivity index (χ0) is 44.4. The molecule has 0 atom stereocenters. The van der Waals surface area contributed by atoms with Crippen molar-refractivity contribution in [3.63, 3.8) is 0 Å². The Balaban J connectivity index is 2.45. The van der Waals surface area contributed by atoms with Crippen LogP contribution in [0.5, 0.6) is 0 Å². The van der Waals surface area contributed by atoms with Gasteiger partial charge in [0.25, 0.3) is 0 Å². The molecule has 0 aliphatic carbocycles. The van der Waals surface area contributed by atoms with E-state index in [1.165, 1.54) is 314 Å². The molecule has 0 unspecified atom stereocenters. The molecule has 62 heavy (non-hydrogen) atoms. The summed E-state index contributed by atoms with van der Waals surface area (Å²) in [6, 6.07) is 11.9. The molecule has 0 radical (unpaired) electrons. The summed E-state index contributed by atoms with van der Waals surface area (Å²) in [5.41, 5.74) is 1.67. The average Bonchev–Trinajstić information content (AvgIpc) is 3.29. The van der Waals surface area contributed by atoms with E-state index in [2.05, 4.69) is 51.1 Å². The van der Waals surface area contributed by atoms with Gasteiger partial charge in [-0.05, 0) is 0 Å². The van der Waals surface area contributed by atoms with Crippen molar-refractivity contribution in [1.82, 2.24) is 0 Å². The van der Waals surface area contributed by atoms with E-state index in [0.717, 1.165) is 0 Å². The van der Waals surface area contributed by atoms with E-state index in [0.29, 0.717) is 0 Å². The summed E-state index contributed by atoms with van der Waals surface area (Å²) in [4.78, 5) is 0. The molecule has 1 heteroatoms. The van der Waals surface area contributed by atoms with Crippen LogP contribution in [0.1, 0.15) is 335 Å². The topological polar surface area (TPSA) is 0 Å². The predicted octanol–water partition coefficient (Wildman–Crippen LogP) is 22.7. The molecular weight excluding hydrogens is 764 g/mol. The summed E-state index contributed by atoms with van der Waals surface area (Å²) in [5.74, 6) is 0. The van der Waals surface area contributed by atoms with Crippen LogP contribution < -0.4 is 0 Å². The second kappa shape index (κ2) is 50.1. The first-order valence-corrected chi connectivity index (χ1v) is 32.6. The molecule has 0 aromatic heterocycles. The molecule has 1 rings (SSSR count). The molecule has 0 N–H and O–H groups in total. The molecule has 0 amide bonds. The van der Waals surface area contributed by atoms with Crippen molar-refractivity contribution in [3.05, 3.63) is 35.9 Å². The van der Waals surface area contributed by atoms with Crippen LogP contribution in [-0.2, 0) is 6.16 Å². The van der Waals surface area contributed by atoms with E-state index in [1.807, 2.05) is 0 Å². The van der Waals surface area contributed by atoms with Gasteiger partial charge in [-0.15, -0.1) is 0 Å². The number of unbranched alkanes of at least 4 members (excludes halogenated alkanes) is 45. The molecule has 368 valence electrons. The van der Waals surface area contributed by atoms with Crippen molar-refractivity contribution < 1.29 is 0 Å². The Bertz CT molecular complexity index is 850. The molecule has 0 bridgehead atoms. The first-order chi connectivity index (χ1) is 30.8. The molecule has 0 spiro atoms. The number of hydrogen-bond donors (Lipinski definition) is 0. The Kier molecular flexibility index (Phi) is 48.2. The minimum absolute atomic E-state index is 1.36. The van der Waals surface area contributed by atoms with Crippen LogP contribution in [0.3, 0.4) is 0 Å². The minimum atomic E-state index is -1.36. The molecule has 0 heterocycles. The molecule has 0 aliphatic rings. The van der Waals surface area contributed by atoms with Gasteiger partial charge in [-0.2, -0.15) is 0 Å². The molecule has 0 fully saturated rings. The van der Waals surface area contributed by atoms with Crippen LogP contribution in [-0.4, -0.2) is 18.5 Å². The maximum absolute atomic E-state index is 2.48. The van der Waals surface area contributed by atoms with E-state index < -0.39 is 7.26 Å². The monoisotopic (exact) mass is 883 g/mol. The van der Waals surface area contributed by atoms with E-state index in [4.69, 9.17) is 0 Å². The molecule has 0 saturated heterocycles. The van der Waals surface area contributed by atoms with Crippen molar-refractivity contribution >= 4 is 7.26 Å². The molecular formula is C61H119P. The van der Waals surface area contributed by atoms with E-state index >= 15 is 0 Å². The van der Waals surface area contributed by atoms with Crippen LogP contribution >= 0.6 is 7.26 Å². The van der Waals surface area contributed by atoms with Gasteiger partial charge in [0.2, 0.25) is 0 Å². The molecule has 0 aliphatic heterocycles. The van der Waals surface area contributed by atoms with Crippen LogP contribution in [0, 0.1) is 0 Å².